The Balaban J connectivity index is 1.49. The van der Waals surface area contributed by atoms with E-state index in [1.54, 1.807) is 0 Å². The first-order valence-corrected chi connectivity index (χ1v) is 9.50. The maximum absolute atomic E-state index is 12.3. The minimum Gasteiger partial charge on any atom is -0.464 e. The van der Waals surface area contributed by atoms with E-state index in [4.69, 9.17) is 4.42 Å². The predicted molar refractivity (Wildman–Crippen MR) is 103 cm³/mol. The lowest BCUT2D eigenvalue weighted by Crippen LogP contribution is -2.48. The van der Waals surface area contributed by atoms with Gasteiger partial charge in [-0.2, -0.15) is 0 Å². The van der Waals surface area contributed by atoms with Gasteiger partial charge in [0.25, 0.3) is 0 Å². The minimum absolute atomic E-state index is 0.142. The molecule has 5 nitrogen and oxygen atoms in total. The second-order valence-electron chi connectivity index (χ2n) is 7.13. The number of likely N-dealkylation sites (tertiary alicyclic amines) is 1. The van der Waals surface area contributed by atoms with E-state index in [-0.39, 0.29) is 12.1 Å². The molecule has 0 bridgehead atoms. The number of furan rings is 1. The van der Waals surface area contributed by atoms with Crippen LogP contribution in [-0.2, 0) is 6.54 Å². The molecule has 1 aliphatic heterocycles. The topological polar surface area (TPSA) is 57.5 Å². The molecule has 5 heteroatoms. The molecule has 0 aliphatic carbocycles. The Hall–Kier alpha value is -2.27. The minimum atomic E-state index is -0.143. The van der Waals surface area contributed by atoms with Crippen molar-refractivity contribution in [3.05, 3.63) is 59.5 Å². The number of urea groups is 1. The summed E-state index contributed by atoms with van der Waals surface area (Å²) in [6.45, 7) is 6.53. The summed E-state index contributed by atoms with van der Waals surface area (Å²) in [5, 5.41) is 5.99. The number of aryl methyl sites for hydroxylation is 1. The predicted octanol–water partition coefficient (Wildman–Crippen LogP) is 4.00. The highest BCUT2D eigenvalue weighted by molar-refractivity contribution is 5.74. The van der Waals surface area contributed by atoms with Crippen LogP contribution in [0.3, 0.4) is 0 Å². The SMILES string of the molecule is Cc1ccc(C(C)NC(=O)NCC2CCCCN2Cc2ccccc2)o1. The van der Waals surface area contributed by atoms with E-state index in [0.717, 1.165) is 31.0 Å². The molecular formula is C21H29N3O2. The molecule has 2 aromatic rings. The molecule has 2 amide bonds. The Morgan fingerprint density at radius 1 is 1.23 bits per heavy atom. The van der Waals surface area contributed by atoms with Crippen molar-refractivity contribution in [2.24, 2.45) is 0 Å². The van der Waals surface area contributed by atoms with Gasteiger partial charge in [-0.15, -0.1) is 0 Å². The first kappa shape index (κ1) is 18.5. The molecule has 1 saturated heterocycles. The molecule has 140 valence electrons. The Labute approximate surface area is 155 Å². The lowest BCUT2D eigenvalue weighted by Gasteiger charge is -2.36. The van der Waals surface area contributed by atoms with E-state index in [1.165, 1.54) is 18.4 Å². The fraction of sp³-hybridized carbons (Fsp3) is 0.476. The van der Waals surface area contributed by atoms with E-state index in [1.807, 2.05) is 32.0 Å². The Bertz CT molecular complexity index is 698. The summed E-state index contributed by atoms with van der Waals surface area (Å²) in [5.74, 6) is 1.63. The molecule has 1 fully saturated rings. The lowest BCUT2D eigenvalue weighted by molar-refractivity contribution is 0.138. The van der Waals surface area contributed by atoms with Gasteiger partial charge in [-0.3, -0.25) is 4.90 Å². The van der Waals surface area contributed by atoms with Gasteiger partial charge >= 0.3 is 6.03 Å². The second kappa shape index (κ2) is 8.90. The summed E-state index contributed by atoms with van der Waals surface area (Å²) in [7, 11) is 0. The van der Waals surface area contributed by atoms with Crippen LogP contribution in [0.1, 0.15) is 49.3 Å². The van der Waals surface area contributed by atoms with Crippen LogP contribution >= 0.6 is 0 Å². The number of amides is 2. The summed E-state index contributed by atoms with van der Waals surface area (Å²) >= 11 is 0. The van der Waals surface area contributed by atoms with Gasteiger partial charge in [0, 0.05) is 19.1 Å². The van der Waals surface area contributed by atoms with Gasteiger partial charge < -0.3 is 15.1 Å². The number of rotatable bonds is 6. The van der Waals surface area contributed by atoms with Crippen LogP contribution in [0, 0.1) is 6.92 Å². The Morgan fingerprint density at radius 2 is 2.04 bits per heavy atom. The summed E-state index contributed by atoms with van der Waals surface area (Å²) in [4.78, 5) is 14.7. The third-order valence-electron chi connectivity index (χ3n) is 5.01. The molecule has 1 aromatic heterocycles. The quantitative estimate of drug-likeness (QED) is 0.823. The summed E-state index contributed by atoms with van der Waals surface area (Å²) in [6, 6.07) is 14.5. The number of piperidine rings is 1. The first-order chi connectivity index (χ1) is 12.6. The number of hydrogen-bond acceptors (Lipinski definition) is 3. The molecule has 0 spiro atoms. The normalized spacial score (nSPS) is 19.1. The number of nitrogens with one attached hydrogen (secondary N) is 2. The van der Waals surface area contributed by atoms with Crippen LogP contribution in [0.2, 0.25) is 0 Å². The number of carbonyl (C=O) groups is 1. The van der Waals surface area contributed by atoms with Gasteiger partial charge in [-0.1, -0.05) is 36.8 Å². The molecule has 2 atom stereocenters. The van der Waals surface area contributed by atoms with E-state index in [2.05, 4.69) is 39.8 Å². The zero-order chi connectivity index (χ0) is 18.4. The third-order valence-corrected chi connectivity index (χ3v) is 5.01. The molecule has 0 saturated carbocycles. The van der Waals surface area contributed by atoms with Crippen molar-refractivity contribution >= 4 is 6.03 Å². The van der Waals surface area contributed by atoms with Crippen LogP contribution in [0.25, 0.3) is 0 Å². The third kappa shape index (κ3) is 5.11. The van der Waals surface area contributed by atoms with Crippen LogP contribution in [-0.4, -0.2) is 30.1 Å². The van der Waals surface area contributed by atoms with E-state index >= 15 is 0 Å². The van der Waals surface area contributed by atoms with Crippen LogP contribution in [0.4, 0.5) is 4.79 Å². The van der Waals surface area contributed by atoms with Gasteiger partial charge in [0.05, 0.1) is 6.04 Å². The van der Waals surface area contributed by atoms with Crippen molar-refractivity contribution in [3.8, 4) is 0 Å². The monoisotopic (exact) mass is 355 g/mol. The smallest absolute Gasteiger partial charge is 0.315 e. The standard InChI is InChI=1S/C21H29N3O2/c1-16-11-12-20(26-16)17(2)23-21(25)22-14-19-10-6-7-13-24(19)15-18-8-4-3-5-9-18/h3-5,8-9,11-12,17,19H,6-7,10,13-15H2,1-2H3,(H2,22,23,25). The average molecular weight is 355 g/mol. The van der Waals surface area contributed by atoms with Crippen LogP contribution < -0.4 is 10.6 Å². The zero-order valence-electron chi connectivity index (χ0n) is 15.7. The van der Waals surface area contributed by atoms with Crippen molar-refractivity contribution in [2.45, 2.75) is 51.7 Å². The Morgan fingerprint density at radius 3 is 2.77 bits per heavy atom. The molecule has 2 heterocycles. The highest BCUT2D eigenvalue weighted by Crippen LogP contribution is 2.19. The second-order valence-corrected chi connectivity index (χ2v) is 7.13. The van der Waals surface area contributed by atoms with Gasteiger partial charge in [0.2, 0.25) is 0 Å². The average Bonchev–Trinajstić information content (AvgIpc) is 3.08. The summed E-state index contributed by atoms with van der Waals surface area (Å²) in [6.07, 6.45) is 3.58. The van der Waals surface area contributed by atoms with Crippen molar-refractivity contribution < 1.29 is 9.21 Å². The summed E-state index contributed by atoms with van der Waals surface area (Å²) in [5.41, 5.74) is 1.32. The molecule has 3 rings (SSSR count). The molecule has 1 aromatic carbocycles. The highest BCUT2D eigenvalue weighted by Gasteiger charge is 2.23. The zero-order valence-corrected chi connectivity index (χ0v) is 15.7. The molecule has 1 aliphatic rings. The number of benzene rings is 1. The maximum Gasteiger partial charge on any atom is 0.315 e. The van der Waals surface area contributed by atoms with Crippen molar-refractivity contribution in [2.75, 3.05) is 13.1 Å². The van der Waals surface area contributed by atoms with Crippen molar-refractivity contribution in [1.29, 1.82) is 0 Å². The molecule has 26 heavy (non-hydrogen) atoms. The molecule has 2 unspecified atom stereocenters. The van der Waals surface area contributed by atoms with Crippen LogP contribution in [0.5, 0.6) is 0 Å². The number of carbonyl (C=O) groups excluding carboxylic acids is 1. The molecular weight excluding hydrogens is 326 g/mol. The van der Waals surface area contributed by atoms with Gasteiger partial charge in [0.1, 0.15) is 11.5 Å². The highest BCUT2D eigenvalue weighted by atomic mass is 16.3. The number of nitrogens with zero attached hydrogens (tertiary/aromatic N) is 1. The largest absolute Gasteiger partial charge is 0.464 e. The van der Waals surface area contributed by atoms with Gasteiger partial charge in [0.15, 0.2) is 0 Å². The van der Waals surface area contributed by atoms with E-state index < -0.39 is 0 Å². The van der Waals surface area contributed by atoms with Gasteiger partial charge in [-0.25, -0.2) is 4.79 Å². The van der Waals surface area contributed by atoms with Crippen molar-refractivity contribution in [3.63, 3.8) is 0 Å². The molecule has 2 N–H and O–H groups in total. The van der Waals surface area contributed by atoms with Gasteiger partial charge in [-0.05, 0) is 50.9 Å². The van der Waals surface area contributed by atoms with E-state index in [0.29, 0.717) is 12.6 Å². The van der Waals surface area contributed by atoms with Crippen LogP contribution in [0.15, 0.2) is 46.9 Å². The van der Waals surface area contributed by atoms with E-state index in [9.17, 15) is 4.79 Å². The maximum atomic E-state index is 12.3. The van der Waals surface area contributed by atoms with Crippen molar-refractivity contribution in [1.82, 2.24) is 15.5 Å². The number of hydrogen-bond donors (Lipinski definition) is 2. The fourth-order valence-electron chi connectivity index (χ4n) is 3.53. The fourth-order valence-corrected chi connectivity index (χ4v) is 3.53. The lowest BCUT2D eigenvalue weighted by atomic mass is 10.0. The first-order valence-electron chi connectivity index (χ1n) is 9.50. The molecule has 0 radical (unpaired) electrons. The summed E-state index contributed by atoms with van der Waals surface area (Å²) < 4.78 is 5.57. The Kier molecular flexibility index (Phi) is 6.34.